The molecular formula is C24H28N6O3S. The molecule has 3 N–H and O–H groups in total. The van der Waals surface area contributed by atoms with Gasteiger partial charge in [-0.3, -0.25) is 9.59 Å². The number of amides is 2. The van der Waals surface area contributed by atoms with Crippen LogP contribution in [0, 0.1) is 11.8 Å². The molecule has 10 heteroatoms. The molecule has 6 rings (SSSR count). The molecule has 1 saturated carbocycles. The number of rotatable bonds is 5. The first-order valence-corrected chi connectivity index (χ1v) is 12.8. The number of hydrogen-bond acceptors (Lipinski definition) is 7. The van der Waals surface area contributed by atoms with Crippen LogP contribution in [-0.4, -0.2) is 68.6 Å². The molecule has 4 atom stereocenters. The highest BCUT2D eigenvalue weighted by Crippen LogP contribution is 2.43. The number of pyridine rings is 1. The standard InChI is InChI=1S/C24H28N6O3S/c1-13(31)24(33)29-11-14-7-16(8-15(14)12-29)28-21-17-4-5-25-22(17)26-9-18(21)23-27-10-20(34-23)30-6-2-3-19(30)32/h4-5,9-10,13-16,31H,2-3,6-8,11-12H2,1H3,(H2,25,26,28)/t13-,14-,15+,16?/m0/s1. The van der Waals surface area contributed by atoms with Gasteiger partial charge < -0.3 is 25.2 Å². The van der Waals surface area contributed by atoms with Crippen LogP contribution < -0.4 is 10.2 Å². The summed E-state index contributed by atoms with van der Waals surface area (Å²) in [6, 6.07) is 2.32. The third-order valence-corrected chi connectivity index (χ3v) is 8.47. The summed E-state index contributed by atoms with van der Waals surface area (Å²) < 4.78 is 0. The van der Waals surface area contributed by atoms with E-state index in [-0.39, 0.29) is 17.9 Å². The molecule has 3 fully saturated rings. The van der Waals surface area contributed by atoms with Crippen molar-refractivity contribution in [1.29, 1.82) is 0 Å². The molecule has 0 aromatic carbocycles. The highest BCUT2D eigenvalue weighted by Gasteiger charge is 2.43. The first-order chi connectivity index (χ1) is 16.5. The fourth-order valence-corrected chi connectivity index (χ4v) is 6.76. The minimum Gasteiger partial charge on any atom is -0.384 e. The van der Waals surface area contributed by atoms with Gasteiger partial charge in [0.2, 0.25) is 5.91 Å². The third kappa shape index (κ3) is 3.65. The van der Waals surface area contributed by atoms with E-state index >= 15 is 0 Å². The van der Waals surface area contributed by atoms with E-state index in [0.717, 1.165) is 71.2 Å². The summed E-state index contributed by atoms with van der Waals surface area (Å²) in [5.41, 5.74) is 2.78. The van der Waals surface area contributed by atoms with Crippen molar-refractivity contribution >= 4 is 44.9 Å². The lowest BCUT2D eigenvalue weighted by atomic mass is 10.0. The van der Waals surface area contributed by atoms with Crippen molar-refractivity contribution in [3.05, 3.63) is 24.7 Å². The Balaban J connectivity index is 1.25. The number of aliphatic hydroxyl groups is 1. The number of thiazole rings is 1. The molecule has 0 bridgehead atoms. The second-order valence-electron chi connectivity index (χ2n) is 9.69. The molecule has 0 radical (unpaired) electrons. The van der Waals surface area contributed by atoms with E-state index in [0.29, 0.717) is 18.3 Å². The Hall–Kier alpha value is -2.98. The lowest BCUT2D eigenvalue weighted by Crippen LogP contribution is -2.37. The van der Waals surface area contributed by atoms with Crippen molar-refractivity contribution in [2.75, 3.05) is 29.9 Å². The molecule has 34 heavy (non-hydrogen) atoms. The molecular weight excluding hydrogens is 452 g/mol. The van der Waals surface area contributed by atoms with Gasteiger partial charge in [-0.05, 0) is 44.1 Å². The van der Waals surface area contributed by atoms with Gasteiger partial charge in [-0.25, -0.2) is 9.97 Å². The first-order valence-electron chi connectivity index (χ1n) is 11.9. The van der Waals surface area contributed by atoms with E-state index in [1.54, 1.807) is 6.20 Å². The van der Waals surface area contributed by atoms with Crippen molar-refractivity contribution in [3.8, 4) is 10.6 Å². The number of fused-ring (bicyclic) bond motifs is 2. The number of nitrogens with one attached hydrogen (secondary N) is 2. The first kappa shape index (κ1) is 21.5. The summed E-state index contributed by atoms with van der Waals surface area (Å²) in [6.07, 6.45) is 8.05. The normalized spacial score (nSPS) is 25.4. The van der Waals surface area contributed by atoms with E-state index in [1.807, 2.05) is 28.3 Å². The molecule has 0 spiro atoms. The van der Waals surface area contributed by atoms with E-state index in [2.05, 4.69) is 20.3 Å². The fourth-order valence-electron chi connectivity index (χ4n) is 5.79. The number of carbonyl (C=O) groups excluding carboxylic acids is 2. The monoisotopic (exact) mass is 480 g/mol. The smallest absolute Gasteiger partial charge is 0.251 e. The Morgan fingerprint density at radius 1 is 1.26 bits per heavy atom. The quantitative estimate of drug-likeness (QED) is 0.517. The number of carbonyl (C=O) groups is 2. The van der Waals surface area contributed by atoms with Gasteiger partial charge in [0.25, 0.3) is 5.91 Å². The minimum atomic E-state index is -0.937. The molecule has 9 nitrogen and oxygen atoms in total. The largest absolute Gasteiger partial charge is 0.384 e. The summed E-state index contributed by atoms with van der Waals surface area (Å²) in [6.45, 7) is 3.72. The number of aliphatic hydroxyl groups excluding tert-OH is 1. The van der Waals surface area contributed by atoms with Crippen molar-refractivity contribution in [2.24, 2.45) is 11.8 Å². The molecule has 1 aliphatic carbocycles. The highest BCUT2D eigenvalue weighted by molar-refractivity contribution is 7.19. The fraction of sp³-hybridized carbons (Fsp3) is 0.500. The van der Waals surface area contributed by atoms with Crippen molar-refractivity contribution < 1.29 is 14.7 Å². The zero-order valence-corrected chi connectivity index (χ0v) is 19.8. The van der Waals surface area contributed by atoms with Gasteiger partial charge in [-0.2, -0.15) is 0 Å². The SMILES string of the molecule is C[C@H](O)C(=O)N1C[C@H]2CC(Nc3c(-c4ncc(N5CCCC5=O)s4)cnc4[nH]ccc34)C[C@H]2C1. The lowest BCUT2D eigenvalue weighted by molar-refractivity contribution is -0.138. The Bertz CT molecular complexity index is 1240. The Morgan fingerprint density at radius 3 is 2.76 bits per heavy atom. The molecule has 5 heterocycles. The van der Waals surface area contributed by atoms with Crippen LogP contribution in [0.3, 0.4) is 0 Å². The van der Waals surface area contributed by atoms with Gasteiger partial charge in [0.05, 0.1) is 17.4 Å². The minimum absolute atomic E-state index is 0.161. The van der Waals surface area contributed by atoms with Crippen molar-refractivity contribution in [2.45, 2.75) is 44.8 Å². The second kappa shape index (κ2) is 8.35. The molecule has 2 amide bonds. The van der Waals surface area contributed by atoms with Crippen LogP contribution in [-0.2, 0) is 9.59 Å². The van der Waals surface area contributed by atoms with Crippen molar-refractivity contribution in [3.63, 3.8) is 0 Å². The van der Waals surface area contributed by atoms with Gasteiger partial charge in [-0.15, -0.1) is 0 Å². The summed E-state index contributed by atoms with van der Waals surface area (Å²) in [7, 11) is 0. The van der Waals surface area contributed by atoms with Gasteiger partial charge in [0, 0.05) is 49.9 Å². The van der Waals surface area contributed by atoms with Crippen molar-refractivity contribution in [1.82, 2.24) is 19.9 Å². The van der Waals surface area contributed by atoms with Crippen LogP contribution in [0.1, 0.15) is 32.6 Å². The summed E-state index contributed by atoms with van der Waals surface area (Å²) in [5.74, 6) is 0.883. The molecule has 2 saturated heterocycles. The molecule has 2 aliphatic heterocycles. The predicted molar refractivity (Wildman–Crippen MR) is 131 cm³/mol. The zero-order valence-electron chi connectivity index (χ0n) is 19.0. The number of nitrogens with zero attached hydrogens (tertiary/aromatic N) is 4. The number of likely N-dealkylation sites (tertiary alicyclic amines) is 1. The maximum Gasteiger partial charge on any atom is 0.251 e. The van der Waals surface area contributed by atoms with Gasteiger partial charge in [0.1, 0.15) is 21.8 Å². The molecule has 3 aromatic heterocycles. The number of hydrogen-bond donors (Lipinski definition) is 3. The summed E-state index contributed by atoms with van der Waals surface area (Å²) >= 11 is 1.53. The molecule has 3 aromatic rings. The Kier molecular flexibility index (Phi) is 5.29. The van der Waals surface area contributed by atoms with Crippen LogP contribution in [0.15, 0.2) is 24.7 Å². The van der Waals surface area contributed by atoms with Gasteiger partial charge >= 0.3 is 0 Å². The summed E-state index contributed by atoms with van der Waals surface area (Å²) in [5, 5.41) is 16.2. The number of aromatic nitrogens is 3. The number of aromatic amines is 1. The molecule has 3 aliphatic rings. The van der Waals surface area contributed by atoms with Gasteiger partial charge in [0.15, 0.2) is 0 Å². The maximum atomic E-state index is 12.2. The predicted octanol–water partition coefficient (Wildman–Crippen LogP) is 2.84. The van der Waals surface area contributed by atoms with Crippen LogP contribution in [0.25, 0.3) is 21.6 Å². The Labute approximate surface area is 201 Å². The van der Waals surface area contributed by atoms with E-state index in [1.165, 1.54) is 18.3 Å². The molecule has 178 valence electrons. The average molecular weight is 481 g/mol. The van der Waals surface area contributed by atoms with E-state index in [9.17, 15) is 14.7 Å². The second-order valence-corrected chi connectivity index (χ2v) is 10.7. The van der Waals surface area contributed by atoms with E-state index < -0.39 is 6.10 Å². The Morgan fingerprint density at radius 2 is 2.06 bits per heavy atom. The highest BCUT2D eigenvalue weighted by atomic mass is 32.1. The van der Waals surface area contributed by atoms with Crippen LogP contribution in [0.5, 0.6) is 0 Å². The van der Waals surface area contributed by atoms with E-state index in [4.69, 9.17) is 0 Å². The van der Waals surface area contributed by atoms with Gasteiger partial charge in [-0.1, -0.05) is 11.3 Å². The lowest BCUT2D eigenvalue weighted by Gasteiger charge is -2.22. The topological polar surface area (TPSA) is 114 Å². The molecule has 1 unspecified atom stereocenters. The zero-order chi connectivity index (χ0) is 23.4. The number of anilines is 2. The third-order valence-electron chi connectivity index (χ3n) is 7.42. The van der Waals surface area contributed by atoms with Crippen LogP contribution in [0.2, 0.25) is 0 Å². The average Bonchev–Trinajstić information content (AvgIpc) is 3.60. The van der Waals surface area contributed by atoms with Crippen LogP contribution >= 0.6 is 11.3 Å². The number of H-pyrrole nitrogens is 1. The maximum absolute atomic E-state index is 12.2. The van der Waals surface area contributed by atoms with Crippen LogP contribution in [0.4, 0.5) is 10.7 Å². The summed E-state index contributed by atoms with van der Waals surface area (Å²) in [4.78, 5) is 40.5.